The number of rotatable bonds is 6. The van der Waals surface area contributed by atoms with E-state index in [9.17, 15) is 13.2 Å². The minimum absolute atomic E-state index is 0.0833. The average molecular weight is 251 g/mol. The van der Waals surface area contributed by atoms with Crippen molar-refractivity contribution in [1.82, 2.24) is 9.97 Å². The van der Waals surface area contributed by atoms with Crippen LogP contribution in [0.2, 0.25) is 0 Å². The Hall–Kier alpha value is -1.57. The van der Waals surface area contributed by atoms with Gasteiger partial charge in [0.05, 0.1) is 13.7 Å². The molecule has 0 amide bonds. The second-order valence-corrected chi connectivity index (χ2v) is 3.02. The Morgan fingerprint density at radius 1 is 1.41 bits per heavy atom. The molecule has 0 fully saturated rings. The summed E-state index contributed by atoms with van der Waals surface area (Å²) in [5, 5.41) is 2.71. The van der Waals surface area contributed by atoms with E-state index in [0.29, 0.717) is 5.88 Å². The van der Waals surface area contributed by atoms with Crippen LogP contribution < -0.4 is 10.1 Å². The average Bonchev–Trinajstić information content (AvgIpc) is 2.27. The molecule has 8 heteroatoms. The van der Waals surface area contributed by atoms with Gasteiger partial charge in [0.1, 0.15) is 6.61 Å². The van der Waals surface area contributed by atoms with Gasteiger partial charge in [-0.2, -0.15) is 18.2 Å². The number of alkyl halides is 3. The van der Waals surface area contributed by atoms with Crippen molar-refractivity contribution in [3.63, 3.8) is 0 Å². The van der Waals surface area contributed by atoms with Gasteiger partial charge in [-0.25, -0.2) is 4.98 Å². The summed E-state index contributed by atoms with van der Waals surface area (Å²) < 4.78 is 44.4. The van der Waals surface area contributed by atoms with E-state index in [4.69, 9.17) is 4.74 Å². The molecule has 0 unspecified atom stereocenters. The van der Waals surface area contributed by atoms with Crippen molar-refractivity contribution < 1.29 is 22.6 Å². The van der Waals surface area contributed by atoms with Crippen molar-refractivity contribution in [3.8, 4) is 5.88 Å². The zero-order valence-corrected chi connectivity index (χ0v) is 9.12. The molecule has 0 atom stereocenters. The molecule has 1 aromatic rings. The number of ether oxygens (including phenoxy) is 2. The van der Waals surface area contributed by atoms with Crippen LogP contribution in [0.5, 0.6) is 5.88 Å². The monoisotopic (exact) mass is 251 g/mol. The summed E-state index contributed by atoms with van der Waals surface area (Å²) in [6, 6.07) is 1.56. The van der Waals surface area contributed by atoms with Crippen LogP contribution in [0.1, 0.15) is 0 Å². The van der Waals surface area contributed by atoms with Gasteiger partial charge in [-0.05, 0) is 0 Å². The van der Waals surface area contributed by atoms with Crippen LogP contribution in [-0.4, -0.2) is 43.0 Å². The highest BCUT2D eigenvalue weighted by Crippen LogP contribution is 2.14. The minimum Gasteiger partial charge on any atom is -0.481 e. The molecule has 0 aromatic carbocycles. The fourth-order valence-electron chi connectivity index (χ4n) is 0.964. The highest BCUT2D eigenvalue weighted by atomic mass is 19.4. The van der Waals surface area contributed by atoms with Crippen LogP contribution in [0.25, 0.3) is 0 Å². The SMILES string of the molecule is COc1ccnc(NCCOCC(F)(F)F)n1. The van der Waals surface area contributed by atoms with Crippen molar-refractivity contribution in [2.75, 3.05) is 32.2 Å². The van der Waals surface area contributed by atoms with Gasteiger partial charge in [0.15, 0.2) is 0 Å². The fraction of sp³-hybridized carbons (Fsp3) is 0.556. The van der Waals surface area contributed by atoms with Crippen LogP contribution in [0.15, 0.2) is 12.3 Å². The Bertz CT molecular complexity index is 347. The molecule has 5 nitrogen and oxygen atoms in total. The Morgan fingerprint density at radius 3 is 2.82 bits per heavy atom. The lowest BCUT2D eigenvalue weighted by molar-refractivity contribution is -0.172. The third-order valence-corrected chi connectivity index (χ3v) is 1.63. The molecule has 0 radical (unpaired) electrons. The molecule has 0 saturated carbocycles. The summed E-state index contributed by atoms with van der Waals surface area (Å²) in [7, 11) is 1.46. The highest BCUT2D eigenvalue weighted by molar-refractivity contribution is 5.26. The minimum atomic E-state index is -4.30. The van der Waals surface area contributed by atoms with Gasteiger partial charge in [-0.1, -0.05) is 0 Å². The summed E-state index contributed by atoms with van der Waals surface area (Å²) >= 11 is 0. The topological polar surface area (TPSA) is 56.3 Å². The van der Waals surface area contributed by atoms with Crippen LogP contribution in [0.4, 0.5) is 19.1 Å². The molecule has 17 heavy (non-hydrogen) atoms. The third-order valence-electron chi connectivity index (χ3n) is 1.63. The van der Waals surface area contributed by atoms with Gasteiger partial charge in [0.25, 0.3) is 0 Å². The molecule has 0 aliphatic heterocycles. The summed E-state index contributed by atoms with van der Waals surface area (Å²) in [6.07, 6.45) is -2.82. The molecular weight excluding hydrogens is 239 g/mol. The normalized spacial score (nSPS) is 11.3. The van der Waals surface area contributed by atoms with E-state index in [1.165, 1.54) is 13.3 Å². The molecule has 1 N–H and O–H groups in total. The van der Waals surface area contributed by atoms with Crippen LogP contribution in [0, 0.1) is 0 Å². The molecular formula is C9H12F3N3O2. The molecule has 0 aliphatic carbocycles. The number of nitrogens with zero attached hydrogens (tertiary/aromatic N) is 2. The lowest BCUT2D eigenvalue weighted by Crippen LogP contribution is -2.20. The van der Waals surface area contributed by atoms with E-state index < -0.39 is 12.8 Å². The second-order valence-electron chi connectivity index (χ2n) is 3.02. The van der Waals surface area contributed by atoms with Crippen molar-refractivity contribution in [1.29, 1.82) is 0 Å². The number of hydrogen-bond acceptors (Lipinski definition) is 5. The highest BCUT2D eigenvalue weighted by Gasteiger charge is 2.27. The van der Waals surface area contributed by atoms with Gasteiger partial charge < -0.3 is 14.8 Å². The summed E-state index contributed by atoms with van der Waals surface area (Å²) in [6.45, 7) is -1.16. The van der Waals surface area contributed by atoms with Crippen molar-refractivity contribution >= 4 is 5.95 Å². The zero-order valence-electron chi connectivity index (χ0n) is 9.12. The number of nitrogens with one attached hydrogen (secondary N) is 1. The molecule has 1 aromatic heterocycles. The Kier molecular flexibility index (Phi) is 4.95. The first-order valence-electron chi connectivity index (χ1n) is 4.76. The molecule has 96 valence electrons. The van der Waals surface area contributed by atoms with Crippen LogP contribution in [0.3, 0.4) is 0 Å². The van der Waals surface area contributed by atoms with E-state index in [1.807, 2.05) is 0 Å². The smallest absolute Gasteiger partial charge is 0.411 e. The third kappa shape index (κ3) is 5.91. The van der Waals surface area contributed by atoms with Crippen molar-refractivity contribution in [3.05, 3.63) is 12.3 Å². The van der Waals surface area contributed by atoms with Crippen LogP contribution >= 0.6 is 0 Å². The first kappa shape index (κ1) is 13.5. The van der Waals surface area contributed by atoms with Gasteiger partial charge in [0.2, 0.25) is 11.8 Å². The maximum absolute atomic E-state index is 11.7. The first-order chi connectivity index (χ1) is 8.01. The van der Waals surface area contributed by atoms with Gasteiger partial charge in [0, 0.05) is 18.8 Å². The predicted octanol–water partition coefficient (Wildman–Crippen LogP) is 1.48. The van der Waals surface area contributed by atoms with E-state index >= 15 is 0 Å². The maximum atomic E-state index is 11.7. The van der Waals surface area contributed by atoms with Gasteiger partial charge in [-0.15, -0.1) is 0 Å². The van der Waals surface area contributed by atoms with E-state index in [-0.39, 0.29) is 19.1 Å². The van der Waals surface area contributed by atoms with Crippen LogP contribution in [-0.2, 0) is 4.74 Å². The predicted molar refractivity (Wildman–Crippen MR) is 53.9 cm³/mol. The number of anilines is 1. The molecule has 1 rings (SSSR count). The first-order valence-corrected chi connectivity index (χ1v) is 4.76. The zero-order chi connectivity index (χ0) is 12.7. The standard InChI is InChI=1S/C9H12F3N3O2/c1-16-7-2-3-13-8(15-7)14-4-5-17-6-9(10,11)12/h2-3H,4-6H2,1H3,(H,13,14,15). The maximum Gasteiger partial charge on any atom is 0.411 e. The summed E-state index contributed by atoms with van der Waals surface area (Å²) in [5.41, 5.74) is 0. The molecule has 1 heterocycles. The molecule has 0 aliphatic rings. The number of methoxy groups -OCH3 is 1. The number of aromatic nitrogens is 2. The second kappa shape index (κ2) is 6.24. The Balaban J connectivity index is 2.22. The van der Waals surface area contributed by atoms with Gasteiger partial charge in [-0.3, -0.25) is 0 Å². The van der Waals surface area contributed by atoms with E-state index in [1.54, 1.807) is 6.07 Å². The fourth-order valence-corrected chi connectivity index (χ4v) is 0.964. The van der Waals surface area contributed by atoms with Crippen molar-refractivity contribution in [2.45, 2.75) is 6.18 Å². The molecule has 0 spiro atoms. The summed E-state index contributed by atoms with van der Waals surface area (Å²) in [5.74, 6) is 0.652. The van der Waals surface area contributed by atoms with E-state index in [0.717, 1.165) is 0 Å². The lowest BCUT2D eigenvalue weighted by atomic mass is 10.6. The number of hydrogen-bond donors (Lipinski definition) is 1. The summed E-state index contributed by atoms with van der Waals surface area (Å²) in [4.78, 5) is 7.77. The van der Waals surface area contributed by atoms with Gasteiger partial charge >= 0.3 is 6.18 Å². The van der Waals surface area contributed by atoms with Crippen molar-refractivity contribution in [2.24, 2.45) is 0 Å². The number of halogens is 3. The quantitative estimate of drug-likeness (QED) is 0.776. The Morgan fingerprint density at radius 2 is 2.18 bits per heavy atom. The molecule has 0 bridgehead atoms. The largest absolute Gasteiger partial charge is 0.481 e. The lowest BCUT2D eigenvalue weighted by Gasteiger charge is -2.08. The molecule has 0 saturated heterocycles. The van der Waals surface area contributed by atoms with E-state index in [2.05, 4.69) is 20.0 Å². The Labute approximate surface area is 96.0 Å².